The van der Waals surface area contributed by atoms with E-state index in [0.717, 1.165) is 23.2 Å². The van der Waals surface area contributed by atoms with Crippen LogP contribution in [0.1, 0.15) is 33.5 Å². The summed E-state index contributed by atoms with van der Waals surface area (Å²) in [5.74, 6) is 0.523. The van der Waals surface area contributed by atoms with Gasteiger partial charge in [0.15, 0.2) is 0 Å². The minimum atomic E-state index is -0.581. The number of rotatable bonds is 1. The van der Waals surface area contributed by atoms with E-state index in [1.54, 1.807) is 6.07 Å². The van der Waals surface area contributed by atoms with Gasteiger partial charge in [-0.05, 0) is 43.5 Å². The van der Waals surface area contributed by atoms with Crippen LogP contribution in [0.4, 0.5) is 0 Å². The molecule has 0 saturated carbocycles. The molecule has 0 fully saturated rings. The minimum absolute atomic E-state index is 0.274. The maximum atomic E-state index is 11.4. The van der Waals surface area contributed by atoms with Gasteiger partial charge in [0.2, 0.25) is 0 Å². The lowest BCUT2D eigenvalue weighted by Crippen LogP contribution is -2.15. The number of carbonyl (C=O) groups is 1. The molecule has 1 amide bonds. The van der Waals surface area contributed by atoms with Crippen molar-refractivity contribution in [1.82, 2.24) is 4.98 Å². The van der Waals surface area contributed by atoms with Gasteiger partial charge in [0.05, 0.1) is 17.9 Å². The van der Waals surface area contributed by atoms with Crippen molar-refractivity contribution in [3.63, 3.8) is 0 Å². The number of hydrogen-bond donors (Lipinski definition) is 3. The van der Waals surface area contributed by atoms with Gasteiger partial charge in [-0.3, -0.25) is 4.79 Å². The summed E-state index contributed by atoms with van der Waals surface area (Å²) in [6.45, 7) is 6.57. The van der Waals surface area contributed by atoms with Crippen molar-refractivity contribution in [1.29, 1.82) is 0 Å². The predicted octanol–water partition coefficient (Wildman–Crippen LogP) is 2.70. The first-order valence-corrected chi connectivity index (χ1v) is 8.98. The van der Waals surface area contributed by atoms with Gasteiger partial charge in [0, 0.05) is 29.7 Å². The van der Waals surface area contributed by atoms with Gasteiger partial charge in [-0.15, -0.1) is 0 Å². The van der Waals surface area contributed by atoms with E-state index in [4.69, 9.17) is 27.8 Å². The zero-order valence-corrected chi connectivity index (χ0v) is 16.3. The lowest BCUT2D eigenvalue weighted by atomic mass is 10.0. The molecule has 1 aromatic heterocycles. The van der Waals surface area contributed by atoms with Gasteiger partial charge >= 0.3 is 0 Å². The van der Waals surface area contributed by atoms with E-state index in [1.807, 2.05) is 26.8 Å². The molecule has 1 aliphatic heterocycles. The standard InChI is InChI=1S/C11H10ClN3O2.C9H12O/c12-10-7-4(3-5(13)8(7)11(14)16)9-6(15-10)1-2-17-9;1-6-4-5-9(10)8(3)7(6)2/h1-3,13H2,(H2,14,16);4-5,10H,1-3H3. The molecule has 1 aromatic carbocycles. The number of phenolic OH excluding ortho intramolecular Hbond substituents is 1. The Kier molecular flexibility index (Phi) is 5.02. The van der Waals surface area contributed by atoms with E-state index in [1.165, 1.54) is 11.1 Å². The van der Waals surface area contributed by atoms with Crippen LogP contribution in [0.5, 0.6) is 11.5 Å². The number of aromatic hydroxyl groups is 1. The second kappa shape index (κ2) is 7.12. The molecule has 0 spiro atoms. The average molecular weight is 388 g/mol. The summed E-state index contributed by atoms with van der Waals surface area (Å²) < 4.78 is 5.52. The summed E-state index contributed by atoms with van der Waals surface area (Å²) in [7, 11) is 0. The zero-order valence-electron chi connectivity index (χ0n) is 15.5. The number of fused-ring (bicyclic) bond motifs is 3. The van der Waals surface area contributed by atoms with Crippen molar-refractivity contribution >= 4 is 23.1 Å². The first-order valence-electron chi connectivity index (χ1n) is 8.61. The van der Waals surface area contributed by atoms with E-state index in [9.17, 15) is 9.90 Å². The number of allylic oxidation sites excluding steroid dienone is 1. The van der Waals surface area contributed by atoms with Crippen LogP contribution in [0, 0.1) is 20.8 Å². The predicted molar refractivity (Wildman–Crippen MR) is 105 cm³/mol. The largest absolute Gasteiger partial charge is 0.508 e. The highest BCUT2D eigenvalue weighted by Gasteiger charge is 2.33. The number of carbonyl (C=O) groups excluding carboxylic acids is 1. The van der Waals surface area contributed by atoms with E-state index < -0.39 is 5.91 Å². The number of hydrogen-bond acceptors (Lipinski definition) is 5. The Labute approximate surface area is 162 Å². The smallest absolute Gasteiger partial charge is 0.251 e. The number of nitrogens with zero attached hydrogens (tertiary/aromatic N) is 1. The minimum Gasteiger partial charge on any atom is -0.508 e. The number of benzene rings is 1. The summed E-state index contributed by atoms with van der Waals surface area (Å²) in [5, 5.41) is 9.50. The van der Waals surface area contributed by atoms with Crippen LogP contribution in [0.25, 0.3) is 5.57 Å². The quantitative estimate of drug-likeness (QED) is 0.651. The molecule has 0 saturated heterocycles. The normalized spacial score (nSPS) is 14.2. The van der Waals surface area contributed by atoms with Crippen LogP contribution in [0.15, 0.2) is 17.8 Å². The molecule has 4 rings (SSSR count). The maximum absolute atomic E-state index is 11.4. The fourth-order valence-corrected chi connectivity index (χ4v) is 3.62. The van der Waals surface area contributed by atoms with Crippen LogP contribution in [-0.4, -0.2) is 22.6 Å². The molecule has 2 heterocycles. The third-order valence-electron chi connectivity index (χ3n) is 5.08. The number of pyridine rings is 1. The highest BCUT2D eigenvalue weighted by molar-refractivity contribution is 6.34. The monoisotopic (exact) mass is 387 g/mol. The number of ether oxygens (including phenoxy) is 1. The van der Waals surface area contributed by atoms with Crippen molar-refractivity contribution < 1.29 is 14.6 Å². The highest BCUT2D eigenvalue weighted by atomic mass is 35.5. The number of amides is 1. The van der Waals surface area contributed by atoms with Crippen LogP contribution >= 0.6 is 11.6 Å². The molecule has 0 atom stereocenters. The first kappa shape index (κ1) is 19.0. The number of phenols is 1. The van der Waals surface area contributed by atoms with E-state index in [-0.39, 0.29) is 10.7 Å². The van der Waals surface area contributed by atoms with Crippen LogP contribution in [0.3, 0.4) is 0 Å². The van der Waals surface area contributed by atoms with Crippen molar-refractivity contribution in [2.75, 3.05) is 6.61 Å². The third kappa shape index (κ3) is 3.32. The van der Waals surface area contributed by atoms with E-state index >= 15 is 0 Å². The lowest BCUT2D eigenvalue weighted by Gasteiger charge is -2.08. The fourth-order valence-electron chi connectivity index (χ4n) is 3.31. The molecule has 27 heavy (non-hydrogen) atoms. The molecule has 142 valence electrons. The maximum Gasteiger partial charge on any atom is 0.251 e. The molecular weight excluding hydrogens is 366 g/mol. The summed E-state index contributed by atoms with van der Waals surface area (Å²) in [6.07, 6.45) is 1.17. The van der Waals surface area contributed by atoms with Gasteiger partial charge in [-0.2, -0.15) is 0 Å². The molecule has 0 radical (unpaired) electrons. The number of halogens is 1. The van der Waals surface area contributed by atoms with Crippen molar-refractivity contribution in [3.8, 4) is 11.5 Å². The first-order chi connectivity index (χ1) is 12.7. The number of aryl methyl sites for hydroxylation is 1. The average Bonchev–Trinajstić information content (AvgIpc) is 3.21. The Morgan fingerprint density at radius 1 is 1.26 bits per heavy atom. The Bertz CT molecular complexity index is 956. The Morgan fingerprint density at radius 2 is 1.96 bits per heavy atom. The zero-order chi connectivity index (χ0) is 19.9. The lowest BCUT2D eigenvalue weighted by molar-refractivity contribution is -0.112. The molecule has 5 N–H and O–H groups in total. The third-order valence-corrected chi connectivity index (χ3v) is 5.35. The van der Waals surface area contributed by atoms with Gasteiger partial charge < -0.3 is 21.3 Å². The topological polar surface area (TPSA) is 111 Å². The van der Waals surface area contributed by atoms with E-state index in [2.05, 4.69) is 4.98 Å². The summed E-state index contributed by atoms with van der Waals surface area (Å²) in [4.78, 5) is 15.6. The Hall–Kier alpha value is -2.73. The molecule has 6 nitrogen and oxygen atoms in total. The Morgan fingerprint density at radius 3 is 2.59 bits per heavy atom. The molecule has 7 heteroatoms. The van der Waals surface area contributed by atoms with Crippen molar-refractivity contribution in [2.45, 2.75) is 33.6 Å². The number of nitrogens with two attached hydrogens (primary N) is 2. The summed E-state index contributed by atoms with van der Waals surface area (Å²) >= 11 is 6.09. The fraction of sp³-hybridized carbons (Fsp3) is 0.300. The van der Waals surface area contributed by atoms with Gasteiger partial charge in [-0.1, -0.05) is 17.7 Å². The summed E-state index contributed by atoms with van der Waals surface area (Å²) in [5.41, 5.74) is 17.4. The van der Waals surface area contributed by atoms with Gasteiger partial charge in [-0.25, -0.2) is 4.98 Å². The number of primary amides is 1. The SMILES string of the molecule is Cc1ccc(O)c(C)c1C.NC(=O)C1=C(N)Cc2c3c(nc(Cl)c21)CCO3. The second-order valence-electron chi connectivity index (χ2n) is 6.72. The van der Waals surface area contributed by atoms with Crippen LogP contribution in [0.2, 0.25) is 5.15 Å². The molecule has 0 bridgehead atoms. The summed E-state index contributed by atoms with van der Waals surface area (Å²) in [6, 6.07) is 3.66. The molecule has 1 aliphatic carbocycles. The second-order valence-corrected chi connectivity index (χ2v) is 7.08. The van der Waals surface area contributed by atoms with Crippen LogP contribution in [-0.2, 0) is 17.6 Å². The van der Waals surface area contributed by atoms with Crippen molar-refractivity contribution in [3.05, 3.63) is 56.5 Å². The Balaban J connectivity index is 0.000000180. The van der Waals surface area contributed by atoms with Crippen molar-refractivity contribution in [2.24, 2.45) is 11.5 Å². The molecule has 0 unspecified atom stereocenters. The molecule has 2 aromatic rings. The highest BCUT2D eigenvalue weighted by Crippen LogP contribution is 2.43. The van der Waals surface area contributed by atoms with Crippen LogP contribution < -0.4 is 16.2 Å². The van der Waals surface area contributed by atoms with E-state index in [0.29, 0.717) is 35.8 Å². The number of aromatic nitrogens is 1. The molecular formula is C20H22ClN3O3. The molecule has 2 aliphatic rings. The van der Waals surface area contributed by atoms with Gasteiger partial charge in [0.25, 0.3) is 5.91 Å². The van der Waals surface area contributed by atoms with Gasteiger partial charge in [0.1, 0.15) is 16.7 Å².